The third kappa shape index (κ3) is 1.66. The Morgan fingerprint density at radius 3 is 2.40 bits per heavy atom. The first-order chi connectivity index (χ1) is 4.72. The van der Waals surface area contributed by atoms with Crippen molar-refractivity contribution in [2.24, 2.45) is 0 Å². The predicted octanol–water partition coefficient (Wildman–Crippen LogP) is 0.190. The van der Waals surface area contributed by atoms with Crippen LogP contribution in [0.5, 0.6) is 0 Å². The molecule has 0 radical (unpaired) electrons. The summed E-state index contributed by atoms with van der Waals surface area (Å²) in [5, 5.41) is 0.384. The van der Waals surface area contributed by atoms with Crippen LogP contribution >= 0.6 is 11.6 Å². The van der Waals surface area contributed by atoms with Gasteiger partial charge in [0.15, 0.2) is 0 Å². The molecule has 1 aromatic carbocycles. The van der Waals surface area contributed by atoms with Crippen molar-refractivity contribution in [3.05, 3.63) is 29.3 Å². The van der Waals surface area contributed by atoms with E-state index in [1.54, 1.807) is 24.3 Å². The van der Waals surface area contributed by atoms with Crippen LogP contribution < -0.4 is 4.35 Å². The van der Waals surface area contributed by atoms with Gasteiger partial charge in [-0.3, -0.25) is 0 Å². The molecule has 0 aliphatic heterocycles. The third-order valence-corrected chi connectivity index (χ3v) is 3.65. The van der Waals surface area contributed by atoms with E-state index in [2.05, 4.69) is 0 Å². The predicted molar refractivity (Wildman–Crippen MR) is 41.1 cm³/mol. The summed E-state index contributed by atoms with van der Waals surface area (Å²) >= 11 is 2.41. The first-order valence-electron chi connectivity index (χ1n) is 2.69. The van der Waals surface area contributed by atoms with Crippen LogP contribution in [0.2, 0.25) is 5.02 Å². The van der Waals surface area contributed by atoms with Crippen LogP contribution in [-0.2, 0) is 3.74 Å². The first-order valence-corrected chi connectivity index (χ1v) is 5.92. The average Bonchev–Trinajstić information content (AvgIpc) is 1.88. The van der Waals surface area contributed by atoms with Crippen molar-refractivity contribution in [2.75, 3.05) is 0 Å². The van der Waals surface area contributed by atoms with Crippen molar-refractivity contribution < 1.29 is 7.84 Å². The zero-order valence-corrected chi connectivity index (χ0v) is 7.90. The summed E-state index contributed by atoms with van der Waals surface area (Å²) in [6.45, 7) is 0. The molecule has 4 heteroatoms. The van der Waals surface area contributed by atoms with Gasteiger partial charge in [0.2, 0.25) is 0 Å². The molecule has 1 atom stereocenters. The Morgan fingerprint density at radius 1 is 1.40 bits per heavy atom. The Balaban J connectivity index is 3.15. The van der Waals surface area contributed by atoms with E-state index < -0.39 is 14.9 Å². The fourth-order valence-electron chi connectivity index (χ4n) is 0.635. The molecule has 10 heavy (non-hydrogen) atoms. The Labute approximate surface area is 68.3 Å². The minimum atomic E-state index is -3.19. The van der Waals surface area contributed by atoms with Crippen LogP contribution in [0, 0.1) is 0 Å². The molecule has 1 rings (SSSR count). The topological polar surface area (TPSA) is 37.3 Å². The fourth-order valence-corrected chi connectivity index (χ4v) is 2.29. The van der Waals surface area contributed by atoms with E-state index in [1.807, 2.05) is 0 Å². The molecule has 0 amide bonds. The molecule has 0 bridgehead atoms. The monoisotopic (exact) mass is 220 g/mol. The molecule has 1 unspecified atom stereocenters. The second kappa shape index (κ2) is 3.29. The van der Waals surface area contributed by atoms with Gasteiger partial charge in [0, 0.05) is 0 Å². The van der Waals surface area contributed by atoms with E-state index in [0.717, 1.165) is 0 Å². The first kappa shape index (κ1) is 7.93. The van der Waals surface area contributed by atoms with Crippen LogP contribution in [0.15, 0.2) is 24.3 Å². The Kier molecular flexibility index (Phi) is 2.61. The number of hydrogen-bond donors (Lipinski definition) is 1. The summed E-state index contributed by atoms with van der Waals surface area (Å²) in [6.07, 6.45) is 0. The van der Waals surface area contributed by atoms with E-state index >= 15 is 0 Å². The van der Waals surface area contributed by atoms with E-state index in [4.69, 9.17) is 15.7 Å². The van der Waals surface area contributed by atoms with Gasteiger partial charge in [-0.1, -0.05) is 0 Å². The molecule has 1 aromatic rings. The summed E-state index contributed by atoms with van der Waals surface area (Å²) in [4.78, 5) is 0. The molecule has 0 saturated carbocycles. The molecule has 54 valence electrons. The molecule has 0 aliphatic rings. The van der Waals surface area contributed by atoms with Crippen molar-refractivity contribution in [3.63, 3.8) is 0 Å². The number of rotatable bonds is 1. The molecule has 0 heterocycles. The fraction of sp³-hybridized carbons (Fsp3) is 0. The van der Waals surface area contributed by atoms with Crippen LogP contribution in [0.1, 0.15) is 0 Å². The van der Waals surface area contributed by atoms with Crippen molar-refractivity contribution in [1.82, 2.24) is 0 Å². The molecule has 0 aliphatic carbocycles. The summed E-state index contributed by atoms with van der Waals surface area (Å²) in [6, 6.07) is 6.61. The molecule has 0 aromatic heterocycles. The van der Waals surface area contributed by atoms with Crippen molar-refractivity contribution in [2.45, 2.75) is 0 Å². The maximum absolute atomic E-state index is 10.6. The van der Waals surface area contributed by atoms with Crippen molar-refractivity contribution in [3.8, 4) is 0 Å². The van der Waals surface area contributed by atoms with E-state index in [0.29, 0.717) is 9.37 Å². The Bertz CT molecular complexity index is 262. The molecule has 0 fully saturated rings. The SMILES string of the molecule is O=[AsH](O)c1ccccc1Cl. The number of benzene rings is 1. The van der Waals surface area contributed by atoms with Gasteiger partial charge in [-0.25, -0.2) is 0 Å². The average molecular weight is 220 g/mol. The van der Waals surface area contributed by atoms with Gasteiger partial charge >= 0.3 is 68.0 Å². The molecule has 2 nitrogen and oxygen atoms in total. The van der Waals surface area contributed by atoms with Crippen molar-refractivity contribution in [1.29, 1.82) is 0 Å². The summed E-state index contributed by atoms with van der Waals surface area (Å²) < 4.78 is 19.7. The maximum atomic E-state index is 10.6. The molecular formula is C6H6AsClO2. The van der Waals surface area contributed by atoms with Crippen molar-refractivity contribution >= 4 is 30.9 Å². The molecule has 0 saturated heterocycles. The van der Waals surface area contributed by atoms with E-state index in [9.17, 15) is 3.74 Å². The van der Waals surface area contributed by atoms with Crippen LogP contribution in [-0.4, -0.2) is 19.0 Å². The zero-order valence-electron chi connectivity index (χ0n) is 5.04. The molecular weight excluding hydrogens is 214 g/mol. The van der Waals surface area contributed by atoms with E-state index in [-0.39, 0.29) is 0 Å². The standard InChI is InChI=1S/C6H6AsClO2/c8-6-4-2-1-3-5(6)7(9)10/h1-4,7H,(H,9,10). The van der Waals surface area contributed by atoms with Gasteiger partial charge in [0.1, 0.15) is 0 Å². The third-order valence-electron chi connectivity index (χ3n) is 1.10. The molecule has 0 spiro atoms. The van der Waals surface area contributed by atoms with Crippen LogP contribution in [0.25, 0.3) is 0 Å². The van der Waals surface area contributed by atoms with Gasteiger partial charge in [0.25, 0.3) is 0 Å². The molecule has 1 N–H and O–H groups in total. The van der Waals surface area contributed by atoms with Gasteiger partial charge in [-0.15, -0.1) is 0 Å². The van der Waals surface area contributed by atoms with Crippen LogP contribution in [0.3, 0.4) is 0 Å². The second-order valence-electron chi connectivity index (χ2n) is 1.78. The normalized spacial score (nSPS) is 13.0. The Hall–Kier alpha value is -0.172. The van der Waals surface area contributed by atoms with Gasteiger partial charge in [-0.05, 0) is 0 Å². The Morgan fingerprint density at radius 2 is 2.00 bits per heavy atom. The van der Waals surface area contributed by atoms with Crippen LogP contribution in [0.4, 0.5) is 0 Å². The summed E-state index contributed by atoms with van der Waals surface area (Å²) in [7, 11) is 0. The number of hydrogen-bond acceptors (Lipinski definition) is 1. The minimum absolute atomic E-state index is 0.384. The number of halogens is 1. The second-order valence-corrected chi connectivity index (χ2v) is 4.60. The quantitative estimate of drug-likeness (QED) is 0.686. The van der Waals surface area contributed by atoms with Gasteiger partial charge in [0.05, 0.1) is 0 Å². The summed E-state index contributed by atoms with van der Waals surface area (Å²) in [5.74, 6) is 0. The zero-order chi connectivity index (χ0) is 7.56. The van der Waals surface area contributed by atoms with Gasteiger partial charge in [-0.2, -0.15) is 0 Å². The van der Waals surface area contributed by atoms with Gasteiger partial charge < -0.3 is 0 Å². The van der Waals surface area contributed by atoms with E-state index in [1.165, 1.54) is 0 Å². The summed E-state index contributed by atoms with van der Waals surface area (Å²) in [5.41, 5.74) is 0.